The molecule has 0 aromatic carbocycles. The Morgan fingerprint density at radius 3 is 2.38 bits per heavy atom. The van der Waals surface area contributed by atoms with Crippen LogP contribution < -0.4 is 5.32 Å². The van der Waals surface area contributed by atoms with E-state index in [1.54, 1.807) is 0 Å². The van der Waals surface area contributed by atoms with Crippen molar-refractivity contribution >= 4 is 0 Å². The van der Waals surface area contributed by atoms with Gasteiger partial charge in [-0.3, -0.25) is 4.90 Å². The molecule has 1 unspecified atom stereocenters. The molecular formula is C13H30N2O. The van der Waals surface area contributed by atoms with Crippen molar-refractivity contribution in [2.24, 2.45) is 0 Å². The molecular weight excluding hydrogens is 200 g/mol. The minimum atomic E-state index is 0.209. The Hall–Kier alpha value is -0.120. The summed E-state index contributed by atoms with van der Waals surface area (Å²) in [5.41, 5.74) is 0.209. The van der Waals surface area contributed by atoms with Gasteiger partial charge >= 0.3 is 0 Å². The van der Waals surface area contributed by atoms with Gasteiger partial charge in [0.15, 0.2) is 0 Å². The van der Waals surface area contributed by atoms with Gasteiger partial charge in [0.2, 0.25) is 0 Å². The van der Waals surface area contributed by atoms with Crippen molar-refractivity contribution < 1.29 is 4.74 Å². The van der Waals surface area contributed by atoms with Gasteiger partial charge in [0.25, 0.3) is 0 Å². The molecule has 98 valence electrons. The molecule has 0 bridgehead atoms. The molecule has 1 rings (SSSR count). The van der Waals surface area contributed by atoms with Crippen molar-refractivity contribution in [3.8, 4) is 0 Å². The zero-order chi connectivity index (χ0) is 12.6. The molecule has 3 nitrogen and oxygen atoms in total. The highest BCUT2D eigenvalue weighted by atomic mass is 16.5. The van der Waals surface area contributed by atoms with Gasteiger partial charge in [-0.15, -0.1) is 0 Å². The molecule has 0 aromatic heterocycles. The molecule has 1 aliphatic heterocycles. The highest BCUT2D eigenvalue weighted by Crippen LogP contribution is 2.26. The van der Waals surface area contributed by atoms with Crippen molar-refractivity contribution in [2.45, 2.75) is 52.1 Å². The minimum absolute atomic E-state index is 0.209. The van der Waals surface area contributed by atoms with Gasteiger partial charge in [-0.2, -0.15) is 0 Å². The highest BCUT2D eigenvalue weighted by molar-refractivity contribution is 4.94. The molecule has 0 radical (unpaired) electrons. The molecule has 0 aromatic rings. The van der Waals surface area contributed by atoms with E-state index in [-0.39, 0.29) is 5.54 Å². The van der Waals surface area contributed by atoms with Crippen LogP contribution >= 0.6 is 0 Å². The quantitative estimate of drug-likeness (QED) is 0.800. The lowest BCUT2D eigenvalue weighted by Gasteiger charge is -2.46. The molecule has 1 fully saturated rings. The lowest BCUT2D eigenvalue weighted by atomic mass is 9.89. The largest absolute Gasteiger partial charge is 0.379 e. The van der Waals surface area contributed by atoms with Crippen LogP contribution in [0.15, 0.2) is 0 Å². The van der Waals surface area contributed by atoms with Gasteiger partial charge in [0.1, 0.15) is 0 Å². The SMILES string of the molecule is CC.CNCC1(N(C)C(C)C)CCCOC1. The van der Waals surface area contributed by atoms with E-state index >= 15 is 0 Å². The van der Waals surface area contributed by atoms with E-state index in [1.807, 2.05) is 20.9 Å². The van der Waals surface area contributed by atoms with E-state index in [0.717, 1.165) is 19.8 Å². The summed E-state index contributed by atoms with van der Waals surface area (Å²) < 4.78 is 5.63. The Labute approximate surface area is 102 Å². The average molecular weight is 230 g/mol. The maximum Gasteiger partial charge on any atom is 0.0662 e. The summed E-state index contributed by atoms with van der Waals surface area (Å²) in [7, 11) is 4.22. The fourth-order valence-electron chi connectivity index (χ4n) is 2.26. The number of nitrogens with zero attached hydrogens (tertiary/aromatic N) is 1. The first-order chi connectivity index (χ1) is 7.62. The first kappa shape index (κ1) is 15.9. The van der Waals surface area contributed by atoms with Crippen molar-refractivity contribution in [3.63, 3.8) is 0 Å². The zero-order valence-corrected chi connectivity index (χ0v) is 12.0. The Morgan fingerprint density at radius 2 is 2.00 bits per heavy atom. The Kier molecular flexibility index (Phi) is 7.98. The Morgan fingerprint density at radius 1 is 1.38 bits per heavy atom. The van der Waals surface area contributed by atoms with Crippen LogP contribution in [0.4, 0.5) is 0 Å². The molecule has 16 heavy (non-hydrogen) atoms. The molecule has 3 heteroatoms. The Bertz CT molecular complexity index is 160. The first-order valence-electron chi connectivity index (χ1n) is 6.58. The van der Waals surface area contributed by atoms with Crippen LogP contribution in [0.3, 0.4) is 0 Å². The van der Waals surface area contributed by atoms with Crippen molar-refractivity contribution in [3.05, 3.63) is 0 Å². The number of rotatable bonds is 4. The minimum Gasteiger partial charge on any atom is -0.379 e. The van der Waals surface area contributed by atoms with E-state index in [1.165, 1.54) is 12.8 Å². The third-order valence-electron chi connectivity index (χ3n) is 3.33. The van der Waals surface area contributed by atoms with Gasteiger partial charge in [-0.25, -0.2) is 0 Å². The summed E-state index contributed by atoms with van der Waals surface area (Å²) in [6, 6.07) is 0.574. The van der Waals surface area contributed by atoms with E-state index in [9.17, 15) is 0 Å². The molecule has 1 saturated heterocycles. The van der Waals surface area contributed by atoms with Gasteiger partial charge in [-0.1, -0.05) is 13.8 Å². The molecule has 1 N–H and O–H groups in total. The average Bonchev–Trinajstić information content (AvgIpc) is 2.32. The van der Waals surface area contributed by atoms with Gasteiger partial charge < -0.3 is 10.1 Å². The second-order valence-corrected chi connectivity index (χ2v) is 4.62. The van der Waals surface area contributed by atoms with Crippen LogP contribution in [0.25, 0.3) is 0 Å². The molecule has 0 aliphatic carbocycles. The maximum absolute atomic E-state index is 5.63. The Balaban J connectivity index is 0.00000106. The summed E-state index contributed by atoms with van der Waals surface area (Å²) in [4.78, 5) is 2.45. The normalized spacial score (nSPS) is 25.5. The third kappa shape index (κ3) is 4.04. The van der Waals surface area contributed by atoms with Gasteiger partial charge in [-0.05, 0) is 40.8 Å². The predicted octanol–water partition coefficient (Wildman–Crippen LogP) is 2.12. The van der Waals surface area contributed by atoms with E-state index in [2.05, 4.69) is 31.1 Å². The van der Waals surface area contributed by atoms with Crippen LogP contribution in [-0.4, -0.2) is 50.3 Å². The number of hydrogen-bond acceptors (Lipinski definition) is 3. The number of nitrogens with one attached hydrogen (secondary N) is 1. The predicted molar refractivity (Wildman–Crippen MR) is 71.0 cm³/mol. The fraction of sp³-hybridized carbons (Fsp3) is 1.00. The smallest absolute Gasteiger partial charge is 0.0662 e. The van der Waals surface area contributed by atoms with Crippen LogP contribution in [0, 0.1) is 0 Å². The summed E-state index contributed by atoms with van der Waals surface area (Å²) in [5, 5.41) is 3.29. The van der Waals surface area contributed by atoms with Crippen molar-refractivity contribution in [2.75, 3.05) is 33.9 Å². The first-order valence-corrected chi connectivity index (χ1v) is 6.58. The molecule has 0 amide bonds. The third-order valence-corrected chi connectivity index (χ3v) is 3.33. The molecule has 1 heterocycles. The van der Waals surface area contributed by atoms with E-state index < -0.39 is 0 Å². The van der Waals surface area contributed by atoms with Gasteiger partial charge in [0.05, 0.1) is 12.1 Å². The summed E-state index contributed by atoms with van der Waals surface area (Å²) >= 11 is 0. The second kappa shape index (κ2) is 8.04. The van der Waals surface area contributed by atoms with Crippen LogP contribution in [0.5, 0.6) is 0 Å². The van der Waals surface area contributed by atoms with Crippen LogP contribution in [-0.2, 0) is 4.74 Å². The monoisotopic (exact) mass is 230 g/mol. The topological polar surface area (TPSA) is 24.5 Å². The molecule has 0 saturated carbocycles. The molecule has 1 atom stereocenters. The lowest BCUT2D eigenvalue weighted by Crippen LogP contribution is -2.59. The molecule has 0 spiro atoms. The lowest BCUT2D eigenvalue weighted by molar-refractivity contribution is -0.0488. The van der Waals surface area contributed by atoms with Crippen molar-refractivity contribution in [1.29, 1.82) is 0 Å². The molecule has 1 aliphatic rings. The summed E-state index contributed by atoms with van der Waals surface area (Å²) in [6.07, 6.45) is 2.42. The summed E-state index contributed by atoms with van der Waals surface area (Å²) in [5.74, 6) is 0. The summed E-state index contributed by atoms with van der Waals surface area (Å²) in [6.45, 7) is 11.3. The highest BCUT2D eigenvalue weighted by Gasteiger charge is 2.37. The maximum atomic E-state index is 5.63. The second-order valence-electron chi connectivity index (χ2n) is 4.62. The fourth-order valence-corrected chi connectivity index (χ4v) is 2.26. The zero-order valence-electron chi connectivity index (χ0n) is 12.0. The number of likely N-dealkylation sites (N-methyl/N-ethyl adjacent to an activating group) is 2. The number of ether oxygens (including phenoxy) is 1. The standard InChI is InChI=1S/C11H24N2O.C2H6/c1-10(2)13(4)11(8-12-3)6-5-7-14-9-11;1-2/h10,12H,5-9H2,1-4H3;1-2H3. The van der Waals surface area contributed by atoms with Crippen LogP contribution in [0.2, 0.25) is 0 Å². The van der Waals surface area contributed by atoms with Gasteiger partial charge in [0, 0.05) is 19.2 Å². The van der Waals surface area contributed by atoms with E-state index in [4.69, 9.17) is 4.74 Å². The number of hydrogen-bond donors (Lipinski definition) is 1. The van der Waals surface area contributed by atoms with Crippen LogP contribution in [0.1, 0.15) is 40.5 Å². The van der Waals surface area contributed by atoms with Crippen molar-refractivity contribution in [1.82, 2.24) is 10.2 Å². The van der Waals surface area contributed by atoms with E-state index in [0.29, 0.717) is 6.04 Å².